The SMILES string of the molecule is CNCCCCOc1cccc(I)c1. The number of hydrogen-bond acceptors (Lipinski definition) is 2. The maximum atomic E-state index is 5.60. The van der Waals surface area contributed by atoms with Gasteiger partial charge in [-0.3, -0.25) is 0 Å². The highest BCUT2D eigenvalue weighted by molar-refractivity contribution is 14.1. The van der Waals surface area contributed by atoms with E-state index in [1.54, 1.807) is 0 Å². The van der Waals surface area contributed by atoms with Crippen molar-refractivity contribution in [2.24, 2.45) is 0 Å². The summed E-state index contributed by atoms with van der Waals surface area (Å²) < 4.78 is 6.82. The van der Waals surface area contributed by atoms with Gasteiger partial charge in [-0.2, -0.15) is 0 Å². The minimum Gasteiger partial charge on any atom is -0.494 e. The molecule has 0 amide bonds. The van der Waals surface area contributed by atoms with E-state index in [1.807, 2.05) is 19.2 Å². The predicted octanol–water partition coefficient (Wildman–Crippen LogP) is 2.67. The lowest BCUT2D eigenvalue weighted by molar-refractivity contribution is 0.306. The van der Waals surface area contributed by atoms with E-state index >= 15 is 0 Å². The molecule has 0 spiro atoms. The zero-order valence-corrected chi connectivity index (χ0v) is 10.6. The molecular formula is C11H16INO. The highest BCUT2D eigenvalue weighted by Gasteiger charge is 1.94. The smallest absolute Gasteiger partial charge is 0.120 e. The van der Waals surface area contributed by atoms with Crippen molar-refractivity contribution in [3.8, 4) is 5.75 Å². The first-order valence-corrected chi connectivity index (χ1v) is 5.94. The van der Waals surface area contributed by atoms with Gasteiger partial charge in [-0.1, -0.05) is 6.07 Å². The van der Waals surface area contributed by atoms with Crippen LogP contribution in [0.1, 0.15) is 12.8 Å². The molecule has 14 heavy (non-hydrogen) atoms. The molecule has 0 radical (unpaired) electrons. The molecule has 2 nitrogen and oxygen atoms in total. The highest BCUT2D eigenvalue weighted by Crippen LogP contribution is 2.14. The third kappa shape index (κ3) is 4.81. The second-order valence-electron chi connectivity index (χ2n) is 3.12. The molecule has 1 rings (SSSR count). The van der Waals surface area contributed by atoms with Gasteiger partial charge in [-0.05, 0) is 67.2 Å². The Bertz CT molecular complexity index is 265. The Labute approximate surface area is 99.2 Å². The van der Waals surface area contributed by atoms with Crippen molar-refractivity contribution >= 4 is 22.6 Å². The Hall–Kier alpha value is -0.290. The van der Waals surface area contributed by atoms with Gasteiger partial charge >= 0.3 is 0 Å². The van der Waals surface area contributed by atoms with Crippen molar-refractivity contribution in [2.75, 3.05) is 20.2 Å². The summed E-state index contributed by atoms with van der Waals surface area (Å²) in [5, 5.41) is 3.12. The fraction of sp³-hybridized carbons (Fsp3) is 0.455. The molecule has 3 heteroatoms. The fourth-order valence-electron chi connectivity index (χ4n) is 1.15. The summed E-state index contributed by atoms with van der Waals surface area (Å²) in [7, 11) is 1.97. The number of hydrogen-bond donors (Lipinski definition) is 1. The van der Waals surface area contributed by atoms with E-state index in [0.29, 0.717) is 0 Å². The van der Waals surface area contributed by atoms with Gasteiger partial charge in [0.1, 0.15) is 5.75 Å². The van der Waals surface area contributed by atoms with Crippen molar-refractivity contribution < 1.29 is 4.74 Å². The average Bonchev–Trinajstić information content (AvgIpc) is 2.18. The van der Waals surface area contributed by atoms with Crippen LogP contribution in [0.3, 0.4) is 0 Å². The van der Waals surface area contributed by atoms with Crippen molar-refractivity contribution in [1.82, 2.24) is 5.32 Å². The average molecular weight is 305 g/mol. The standard InChI is InChI=1S/C11H16INO/c1-13-7-2-3-8-14-11-6-4-5-10(12)9-11/h4-6,9,13H,2-3,7-8H2,1H3. The number of unbranched alkanes of at least 4 members (excludes halogenated alkanes) is 1. The van der Waals surface area contributed by atoms with Gasteiger partial charge in [0.05, 0.1) is 6.61 Å². The van der Waals surface area contributed by atoms with Crippen LogP contribution in [0.2, 0.25) is 0 Å². The van der Waals surface area contributed by atoms with Crippen molar-refractivity contribution in [2.45, 2.75) is 12.8 Å². The van der Waals surface area contributed by atoms with E-state index in [1.165, 1.54) is 9.99 Å². The van der Waals surface area contributed by atoms with Crippen molar-refractivity contribution in [3.05, 3.63) is 27.8 Å². The second-order valence-corrected chi connectivity index (χ2v) is 4.36. The van der Waals surface area contributed by atoms with E-state index in [9.17, 15) is 0 Å². The number of benzene rings is 1. The van der Waals surface area contributed by atoms with E-state index in [2.05, 4.69) is 40.0 Å². The number of rotatable bonds is 6. The number of halogens is 1. The van der Waals surface area contributed by atoms with Crippen molar-refractivity contribution in [1.29, 1.82) is 0 Å². The largest absolute Gasteiger partial charge is 0.494 e. The van der Waals surface area contributed by atoms with Gasteiger partial charge in [-0.25, -0.2) is 0 Å². The molecular weight excluding hydrogens is 289 g/mol. The summed E-state index contributed by atoms with van der Waals surface area (Å²) in [5.74, 6) is 0.973. The van der Waals surface area contributed by atoms with Crippen molar-refractivity contribution in [3.63, 3.8) is 0 Å². The zero-order chi connectivity index (χ0) is 10.2. The third-order valence-electron chi connectivity index (χ3n) is 1.89. The first kappa shape index (κ1) is 11.8. The molecule has 0 unspecified atom stereocenters. The first-order valence-electron chi connectivity index (χ1n) is 4.86. The molecule has 1 aromatic carbocycles. The summed E-state index contributed by atoms with van der Waals surface area (Å²) in [6.07, 6.45) is 2.27. The molecule has 0 aliphatic carbocycles. The third-order valence-corrected chi connectivity index (χ3v) is 2.56. The van der Waals surface area contributed by atoms with Crippen LogP contribution in [0.25, 0.3) is 0 Å². The quantitative estimate of drug-likeness (QED) is 0.644. The lowest BCUT2D eigenvalue weighted by Gasteiger charge is -2.05. The van der Waals surface area contributed by atoms with Gasteiger partial charge in [0.25, 0.3) is 0 Å². The molecule has 0 aliphatic rings. The Morgan fingerprint density at radius 1 is 1.36 bits per heavy atom. The Morgan fingerprint density at radius 3 is 2.93 bits per heavy atom. The summed E-state index contributed by atoms with van der Waals surface area (Å²) >= 11 is 2.29. The van der Waals surface area contributed by atoms with E-state index in [-0.39, 0.29) is 0 Å². The highest BCUT2D eigenvalue weighted by atomic mass is 127. The molecule has 0 bridgehead atoms. The Morgan fingerprint density at radius 2 is 2.21 bits per heavy atom. The van der Waals surface area contributed by atoms with Gasteiger partial charge in [0.2, 0.25) is 0 Å². The van der Waals surface area contributed by atoms with Crippen LogP contribution in [0, 0.1) is 3.57 Å². The van der Waals surface area contributed by atoms with Crippen LogP contribution >= 0.6 is 22.6 Å². The van der Waals surface area contributed by atoms with Crippen LogP contribution in [-0.4, -0.2) is 20.2 Å². The van der Waals surface area contributed by atoms with E-state index < -0.39 is 0 Å². The molecule has 1 aromatic rings. The minimum absolute atomic E-state index is 0.807. The summed E-state index contributed by atoms with van der Waals surface area (Å²) in [5.41, 5.74) is 0. The first-order chi connectivity index (χ1) is 6.83. The summed E-state index contributed by atoms with van der Waals surface area (Å²) in [6, 6.07) is 8.14. The number of nitrogens with one attached hydrogen (secondary N) is 1. The van der Waals surface area contributed by atoms with Crippen LogP contribution in [0.5, 0.6) is 5.75 Å². The fourth-order valence-corrected chi connectivity index (χ4v) is 1.67. The van der Waals surface area contributed by atoms with E-state index in [0.717, 1.165) is 25.3 Å². The predicted molar refractivity (Wildman–Crippen MR) is 67.8 cm³/mol. The molecule has 1 N–H and O–H groups in total. The molecule has 0 atom stereocenters. The van der Waals surface area contributed by atoms with Gasteiger partial charge in [0, 0.05) is 3.57 Å². The monoisotopic (exact) mass is 305 g/mol. The summed E-state index contributed by atoms with van der Waals surface area (Å²) in [4.78, 5) is 0. The molecule has 0 saturated heterocycles. The van der Waals surface area contributed by atoms with Crippen LogP contribution in [0.4, 0.5) is 0 Å². The van der Waals surface area contributed by atoms with E-state index in [4.69, 9.17) is 4.74 Å². The molecule has 0 aromatic heterocycles. The Balaban J connectivity index is 2.18. The zero-order valence-electron chi connectivity index (χ0n) is 8.42. The maximum absolute atomic E-state index is 5.60. The normalized spacial score (nSPS) is 10.1. The lowest BCUT2D eigenvalue weighted by atomic mass is 10.3. The van der Waals surface area contributed by atoms with Gasteiger partial charge < -0.3 is 10.1 Å². The van der Waals surface area contributed by atoms with Crippen LogP contribution in [0.15, 0.2) is 24.3 Å². The molecule has 0 aliphatic heterocycles. The molecule has 0 fully saturated rings. The minimum atomic E-state index is 0.807. The molecule has 0 saturated carbocycles. The van der Waals surface area contributed by atoms with Gasteiger partial charge in [0.15, 0.2) is 0 Å². The molecule has 0 heterocycles. The Kier molecular flexibility index (Phi) is 5.94. The summed E-state index contributed by atoms with van der Waals surface area (Å²) in [6.45, 7) is 1.87. The maximum Gasteiger partial charge on any atom is 0.120 e. The molecule has 78 valence electrons. The van der Waals surface area contributed by atoms with Gasteiger partial charge in [-0.15, -0.1) is 0 Å². The lowest BCUT2D eigenvalue weighted by Crippen LogP contribution is -2.09. The topological polar surface area (TPSA) is 21.3 Å². The second kappa shape index (κ2) is 7.06. The number of ether oxygens (including phenoxy) is 1. The van der Waals surface area contributed by atoms with Crippen LogP contribution in [-0.2, 0) is 0 Å². The van der Waals surface area contributed by atoms with Crippen LogP contribution < -0.4 is 10.1 Å².